The molecule has 0 spiro atoms. The normalized spacial score (nSPS) is 16.5. The molecule has 0 bridgehead atoms. The SMILES string of the molecule is O=C(CC1SC(=Nc2ccccc2[N+](=O)[O-])N(CCc2ccccc2)C1=O)Nc1ccccc1F. The molecule has 0 aliphatic carbocycles. The number of para-hydroxylation sites is 3. The zero-order valence-electron chi connectivity index (χ0n) is 18.5. The van der Waals surface area contributed by atoms with Gasteiger partial charge in [-0.15, -0.1) is 0 Å². The minimum atomic E-state index is -0.793. The van der Waals surface area contributed by atoms with E-state index in [2.05, 4.69) is 10.3 Å². The standard InChI is InChI=1S/C25H21FN4O4S/c26-18-10-4-5-11-19(18)27-23(31)16-22-24(32)29(15-14-17-8-2-1-3-9-17)25(35-22)28-20-12-6-7-13-21(20)30(33)34/h1-13,22H,14-16H2,(H,27,31). The number of rotatable bonds is 8. The largest absolute Gasteiger partial charge is 0.324 e. The summed E-state index contributed by atoms with van der Waals surface area (Å²) >= 11 is 1.07. The lowest BCUT2D eigenvalue weighted by Crippen LogP contribution is -2.35. The van der Waals surface area contributed by atoms with Gasteiger partial charge in [-0.1, -0.05) is 66.4 Å². The van der Waals surface area contributed by atoms with Crippen LogP contribution in [0.4, 0.5) is 21.5 Å². The van der Waals surface area contributed by atoms with Gasteiger partial charge in [-0.3, -0.25) is 24.6 Å². The molecule has 1 unspecified atom stereocenters. The van der Waals surface area contributed by atoms with Gasteiger partial charge in [-0.2, -0.15) is 0 Å². The molecule has 1 heterocycles. The first-order valence-electron chi connectivity index (χ1n) is 10.8. The number of hydrogen-bond acceptors (Lipinski definition) is 6. The van der Waals surface area contributed by atoms with Crippen LogP contribution in [0.5, 0.6) is 0 Å². The molecule has 0 saturated carbocycles. The van der Waals surface area contributed by atoms with Gasteiger partial charge in [0.15, 0.2) is 5.17 Å². The Balaban J connectivity index is 1.57. The van der Waals surface area contributed by atoms with Gasteiger partial charge in [-0.05, 0) is 30.2 Å². The van der Waals surface area contributed by atoms with Gasteiger partial charge in [-0.25, -0.2) is 9.38 Å². The number of aliphatic imine (C=N–C) groups is 1. The average molecular weight is 493 g/mol. The second-order valence-electron chi connectivity index (χ2n) is 7.70. The van der Waals surface area contributed by atoms with E-state index in [1.54, 1.807) is 12.1 Å². The van der Waals surface area contributed by atoms with Gasteiger partial charge in [0.2, 0.25) is 11.8 Å². The molecule has 1 fully saturated rings. The van der Waals surface area contributed by atoms with Crippen LogP contribution in [-0.4, -0.2) is 38.6 Å². The topological polar surface area (TPSA) is 105 Å². The molecule has 35 heavy (non-hydrogen) atoms. The number of nitrogens with one attached hydrogen (secondary N) is 1. The molecule has 10 heteroatoms. The fourth-order valence-corrected chi connectivity index (χ4v) is 4.74. The van der Waals surface area contributed by atoms with Gasteiger partial charge in [0.1, 0.15) is 16.8 Å². The summed E-state index contributed by atoms with van der Waals surface area (Å²) in [5.41, 5.74) is 0.976. The number of benzene rings is 3. The third kappa shape index (κ3) is 5.90. The van der Waals surface area contributed by atoms with Crippen LogP contribution < -0.4 is 5.32 Å². The van der Waals surface area contributed by atoms with Crippen LogP contribution in [0.2, 0.25) is 0 Å². The number of amidine groups is 1. The summed E-state index contributed by atoms with van der Waals surface area (Å²) < 4.78 is 13.9. The molecule has 1 aliphatic rings. The Bertz CT molecular complexity index is 1290. The molecule has 3 aromatic carbocycles. The van der Waals surface area contributed by atoms with Crippen molar-refractivity contribution in [2.75, 3.05) is 11.9 Å². The van der Waals surface area contributed by atoms with Crippen molar-refractivity contribution in [1.29, 1.82) is 0 Å². The summed E-state index contributed by atoms with van der Waals surface area (Å²) in [5.74, 6) is -1.42. The second-order valence-corrected chi connectivity index (χ2v) is 8.87. The molecule has 1 atom stereocenters. The van der Waals surface area contributed by atoms with Gasteiger partial charge < -0.3 is 5.32 Å². The smallest absolute Gasteiger partial charge is 0.294 e. The monoisotopic (exact) mass is 492 g/mol. The van der Waals surface area contributed by atoms with E-state index in [0.717, 1.165) is 17.3 Å². The lowest BCUT2D eigenvalue weighted by atomic mass is 10.1. The van der Waals surface area contributed by atoms with Gasteiger partial charge in [0.05, 0.1) is 10.6 Å². The van der Waals surface area contributed by atoms with Crippen molar-refractivity contribution in [2.45, 2.75) is 18.1 Å². The van der Waals surface area contributed by atoms with Crippen LogP contribution >= 0.6 is 11.8 Å². The van der Waals surface area contributed by atoms with Crippen molar-refractivity contribution in [3.63, 3.8) is 0 Å². The average Bonchev–Trinajstić information content (AvgIpc) is 3.13. The van der Waals surface area contributed by atoms with Crippen LogP contribution in [-0.2, 0) is 16.0 Å². The first kappa shape index (κ1) is 24.1. The van der Waals surface area contributed by atoms with Crippen molar-refractivity contribution in [2.24, 2.45) is 4.99 Å². The lowest BCUT2D eigenvalue weighted by molar-refractivity contribution is -0.384. The fourth-order valence-electron chi connectivity index (χ4n) is 3.56. The molecule has 1 saturated heterocycles. The number of carbonyl (C=O) groups is 2. The highest BCUT2D eigenvalue weighted by Crippen LogP contribution is 2.35. The van der Waals surface area contributed by atoms with Gasteiger partial charge >= 0.3 is 0 Å². The molecule has 2 amide bonds. The van der Waals surface area contributed by atoms with Crippen LogP contribution in [0, 0.1) is 15.9 Å². The predicted octanol–water partition coefficient (Wildman–Crippen LogP) is 4.94. The third-order valence-electron chi connectivity index (χ3n) is 5.30. The summed E-state index contributed by atoms with van der Waals surface area (Å²) in [4.78, 5) is 42.6. The summed E-state index contributed by atoms with van der Waals surface area (Å²) in [6.45, 7) is 0.292. The van der Waals surface area contributed by atoms with E-state index in [0.29, 0.717) is 13.0 Å². The number of carbonyl (C=O) groups excluding carboxylic acids is 2. The van der Waals surface area contributed by atoms with E-state index >= 15 is 0 Å². The zero-order valence-corrected chi connectivity index (χ0v) is 19.3. The Morgan fingerprint density at radius 1 is 1.06 bits per heavy atom. The molecular weight excluding hydrogens is 471 g/mol. The van der Waals surface area contributed by atoms with Gasteiger partial charge in [0, 0.05) is 19.0 Å². The van der Waals surface area contributed by atoms with Crippen LogP contribution in [0.1, 0.15) is 12.0 Å². The Hall–Kier alpha value is -4.05. The Morgan fingerprint density at radius 2 is 1.74 bits per heavy atom. The number of thioether (sulfide) groups is 1. The Labute approximate surface area is 205 Å². The predicted molar refractivity (Wildman–Crippen MR) is 133 cm³/mol. The van der Waals surface area contributed by atoms with Crippen molar-refractivity contribution < 1.29 is 18.9 Å². The number of amides is 2. The van der Waals surface area contributed by atoms with E-state index in [1.807, 2.05) is 30.3 Å². The molecule has 4 rings (SSSR count). The van der Waals surface area contributed by atoms with E-state index in [9.17, 15) is 24.1 Å². The molecule has 178 valence electrons. The number of anilines is 1. The first-order valence-corrected chi connectivity index (χ1v) is 11.7. The van der Waals surface area contributed by atoms with Crippen LogP contribution in [0.3, 0.4) is 0 Å². The second kappa shape index (κ2) is 10.9. The summed E-state index contributed by atoms with van der Waals surface area (Å²) in [6, 6.07) is 21.3. The third-order valence-corrected chi connectivity index (χ3v) is 6.48. The van der Waals surface area contributed by atoms with Crippen LogP contribution in [0.15, 0.2) is 83.9 Å². The van der Waals surface area contributed by atoms with Crippen molar-refractivity contribution in [1.82, 2.24) is 4.90 Å². The molecular formula is C25H21FN4O4S. The molecule has 0 aromatic heterocycles. The maximum absolute atomic E-state index is 13.9. The van der Waals surface area contributed by atoms with Gasteiger partial charge in [0.25, 0.3) is 5.69 Å². The van der Waals surface area contributed by atoms with E-state index in [-0.39, 0.29) is 34.6 Å². The molecule has 3 aromatic rings. The van der Waals surface area contributed by atoms with E-state index in [1.165, 1.54) is 41.3 Å². The number of nitrogens with zero attached hydrogens (tertiary/aromatic N) is 3. The fraction of sp³-hybridized carbons (Fsp3) is 0.160. The summed E-state index contributed by atoms with van der Waals surface area (Å²) in [6.07, 6.45) is 0.340. The highest BCUT2D eigenvalue weighted by molar-refractivity contribution is 8.15. The number of halogens is 1. The first-order chi connectivity index (χ1) is 16.9. The number of nitro groups is 1. The zero-order chi connectivity index (χ0) is 24.8. The maximum Gasteiger partial charge on any atom is 0.294 e. The quantitative estimate of drug-likeness (QED) is 0.354. The molecule has 1 aliphatic heterocycles. The summed E-state index contributed by atoms with van der Waals surface area (Å²) in [5, 5.41) is 13.4. The maximum atomic E-state index is 13.9. The Morgan fingerprint density at radius 3 is 2.49 bits per heavy atom. The van der Waals surface area contributed by atoms with E-state index < -0.39 is 21.9 Å². The molecule has 0 radical (unpaired) electrons. The highest BCUT2D eigenvalue weighted by Gasteiger charge is 2.39. The van der Waals surface area contributed by atoms with Crippen molar-refractivity contribution in [3.05, 3.63) is 100 Å². The highest BCUT2D eigenvalue weighted by atomic mass is 32.2. The van der Waals surface area contributed by atoms with Crippen LogP contribution in [0.25, 0.3) is 0 Å². The van der Waals surface area contributed by atoms with Crippen molar-refractivity contribution in [3.8, 4) is 0 Å². The molecule has 8 nitrogen and oxygen atoms in total. The number of nitro benzene ring substituents is 1. The number of hydrogen-bond donors (Lipinski definition) is 1. The summed E-state index contributed by atoms with van der Waals surface area (Å²) in [7, 11) is 0. The van der Waals surface area contributed by atoms with Crippen molar-refractivity contribution >= 4 is 45.8 Å². The lowest BCUT2D eigenvalue weighted by Gasteiger charge is -2.16. The molecule has 1 N–H and O–H groups in total. The van der Waals surface area contributed by atoms with E-state index in [4.69, 9.17) is 0 Å². The minimum Gasteiger partial charge on any atom is -0.324 e. The minimum absolute atomic E-state index is 0.0303. The Kier molecular flexibility index (Phi) is 7.51.